The Morgan fingerprint density at radius 3 is 2.73 bits per heavy atom. The van der Waals surface area contributed by atoms with Gasteiger partial charge in [-0.2, -0.15) is 0 Å². The summed E-state index contributed by atoms with van der Waals surface area (Å²) in [6, 6.07) is 0. The highest BCUT2D eigenvalue weighted by atomic mass is 16.7. The summed E-state index contributed by atoms with van der Waals surface area (Å²) in [6.07, 6.45) is 0. The second kappa shape index (κ2) is 3.36. The Hall–Kier alpha value is -1.07. The molecule has 0 aliphatic carbocycles. The van der Waals surface area contributed by atoms with Crippen molar-refractivity contribution in [3.63, 3.8) is 0 Å². The lowest BCUT2D eigenvalue weighted by atomic mass is 10.4. The average molecular weight is 159 g/mol. The van der Waals surface area contributed by atoms with E-state index >= 15 is 0 Å². The second-order valence-corrected chi connectivity index (χ2v) is 1.93. The van der Waals surface area contributed by atoms with Crippen LogP contribution in [0, 0.1) is 6.92 Å². The van der Waals surface area contributed by atoms with E-state index in [1.165, 1.54) is 0 Å². The molecule has 0 aliphatic heterocycles. The van der Waals surface area contributed by atoms with Gasteiger partial charge in [0.25, 0.3) is 0 Å². The van der Waals surface area contributed by atoms with Gasteiger partial charge in [0, 0.05) is 7.05 Å². The van der Waals surface area contributed by atoms with Crippen LogP contribution in [-0.4, -0.2) is 7.05 Å². The fraction of sp³-hybridized carbons (Fsp3) is 0.500. The Balaban J connectivity index is 2.69. The molecule has 0 saturated heterocycles. The summed E-state index contributed by atoms with van der Waals surface area (Å²) >= 11 is 0. The van der Waals surface area contributed by atoms with E-state index in [0.717, 1.165) is 0 Å². The quantitative estimate of drug-likeness (QED) is 0.638. The molecular weight excluding hydrogens is 150 g/mol. The maximum atomic E-state index is 10.5. The van der Waals surface area contributed by atoms with Crippen molar-refractivity contribution in [1.29, 1.82) is 0 Å². The van der Waals surface area contributed by atoms with E-state index in [-0.39, 0.29) is 6.61 Å². The van der Waals surface area contributed by atoms with Gasteiger partial charge in [-0.05, 0) is 6.92 Å². The fourth-order valence-electron chi connectivity index (χ4n) is 0.644. The third-order valence-electron chi connectivity index (χ3n) is 1.18. The molecule has 5 heteroatoms. The zero-order valence-electron chi connectivity index (χ0n) is 6.34. The molecular formula is C6H9NO4. The number of aryl methyl sites for hydroxylation is 1. The second-order valence-electron chi connectivity index (χ2n) is 1.93. The zero-order chi connectivity index (χ0) is 8.27. The van der Waals surface area contributed by atoms with Crippen molar-refractivity contribution < 1.29 is 13.7 Å². The first-order chi connectivity index (χ1) is 5.24. The molecule has 11 heavy (non-hydrogen) atoms. The van der Waals surface area contributed by atoms with E-state index in [2.05, 4.69) is 14.3 Å². The predicted octanol–water partition coefficient (Wildman–Crippen LogP) is 0.192. The van der Waals surface area contributed by atoms with Crippen LogP contribution in [-0.2, 0) is 11.4 Å². The summed E-state index contributed by atoms with van der Waals surface area (Å²) in [6.45, 7) is 1.83. The summed E-state index contributed by atoms with van der Waals surface area (Å²) in [5.41, 5.74) is 2.45. The van der Waals surface area contributed by atoms with Gasteiger partial charge in [0.05, 0.1) is 0 Å². The van der Waals surface area contributed by atoms with Crippen molar-refractivity contribution in [1.82, 2.24) is 5.48 Å². The Bertz CT molecular complexity index is 274. The van der Waals surface area contributed by atoms with Crippen LogP contribution >= 0.6 is 0 Å². The van der Waals surface area contributed by atoms with Crippen LogP contribution in [0.1, 0.15) is 11.5 Å². The molecule has 0 atom stereocenters. The largest absolute Gasteiger partial charge is 0.519 e. The smallest absolute Gasteiger partial charge is 0.396 e. The number of nitrogens with one attached hydrogen (secondary N) is 1. The highest BCUT2D eigenvalue weighted by Crippen LogP contribution is 2.04. The van der Waals surface area contributed by atoms with Crippen LogP contribution in [0.25, 0.3) is 0 Å². The van der Waals surface area contributed by atoms with E-state index in [1.54, 1.807) is 14.0 Å². The first kappa shape index (κ1) is 8.03. The van der Waals surface area contributed by atoms with Crippen LogP contribution < -0.4 is 11.3 Å². The summed E-state index contributed by atoms with van der Waals surface area (Å²) in [4.78, 5) is 15.2. The van der Waals surface area contributed by atoms with Crippen LogP contribution in [0.4, 0.5) is 0 Å². The van der Waals surface area contributed by atoms with Crippen LogP contribution in [0.15, 0.2) is 13.6 Å². The maximum absolute atomic E-state index is 10.5. The van der Waals surface area contributed by atoms with Gasteiger partial charge in [-0.3, -0.25) is 4.84 Å². The molecule has 1 aromatic heterocycles. The lowest BCUT2D eigenvalue weighted by molar-refractivity contribution is 0.0330. The lowest BCUT2D eigenvalue weighted by Crippen LogP contribution is -2.06. The third-order valence-corrected chi connectivity index (χ3v) is 1.18. The summed E-state index contributed by atoms with van der Waals surface area (Å²) in [7, 11) is 1.62. The normalized spacial score (nSPS) is 10.4. The minimum Gasteiger partial charge on any atom is -0.396 e. The van der Waals surface area contributed by atoms with Gasteiger partial charge < -0.3 is 8.83 Å². The van der Waals surface area contributed by atoms with E-state index in [4.69, 9.17) is 4.84 Å². The minimum atomic E-state index is -0.697. The first-order valence-electron chi connectivity index (χ1n) is 3.12. The molecule has 0 amide bonds. The number of rotatable bonds is 3. The monoisotopic (exact) mass is 159 g/mol. The highest BCUT2D eigenvalue weighted by Gasteiger charge is 2.06. The van der Waals surface area contributed by atoms with Gasteiger partial charge in [0.2, 0.25) is 0 Å². The van der Waals surface area contributed by atoms with Crippen LogP contribution in [0.5, 0.6) is 0 Å². The Morgan fingerprint density at radius 2 is 2.27 bits per heavy atom. The van der Waals surface area contributed by atoms with E-state index in [1.807, 2.05) is 0 Å². The SMILES string of the molecule is CNOCc1oc(=O)oc1C. The number of hydrogen-bond donors (Lipinski definition) is 1. The Labute approximate surface area is 62.9 Å². The molecule has 0 aromatic carbocycles. The maximum Gasteiger partial charge on any atom is 0.519 e. The molecule has 1 heterocycles. The molecule has 1 N–H and O–H groups in total. The topological polar surface area (TPSA) is 64.6 Å². The molecule has 0 fully saturated rings. The van der Waals surface area contributed by atoms with Crippen molar-refractivity contribution in [3.8, 4) is 0 Å². The van der Waals surface area contributed by atoms with Crippen LogP contribution in [0.2, 0.25) is 0 Å². The molecule has 5 nitrogen and oxygen atoms in total. The van der Waals surface area contributed by atoms with Gasteiger partial charge in [-0.1, -0.05) is 0 Å². The van der Waals surface area contributed by atoms with Crippen molar-refractivity contribution in [2.75, 3.05) is 7.05 Å². The Kier molecular flexibility index (Phi) is 2.45. The minimum absolute atomic E-state index is 0.189. The summed E-state index contributed by atoms with van der Waals surface area (Å²) in [5.74, 6) is 0.159. The fourth-order valence-corrected chi connectivity index (χ4v) is 0.644. The molecule has 0 unspecified atom stereocenters. The van der Waals surface area contributed by atoms with Gasteiger partial charge in [-0.25, -0.2) is 10.3 Å². The van der Waals surface area contributed by atoms with Gasteiger partial charge in [-0.15, -0.1) is 0 Å². The molecule has 1 rings (SSSR count). The average Bonchev–Trinajstić information content (AvgIpc) is 2.26. The van der Waals surface area contributed by atoms with Crippen molar-refractivity contribution in [3.05, 3.63) is 22.1 Å². The van der Waals surface area contributed by atoms with Crippen molar-refractivity contribution in [2.24, 2.45) is 0 Å². The lowest BCUT2D eigenvalue weighted by Gasteiger charge is -1.95. The molecule has 1 aromatic rings. The standard InChI is InChI=1S/C6H9NO4/c1-4-5(3-9-7-2)11-6(8)10-4/h7H,3H2,1-2H3. The first-order valence-corrected chi connectivity index (χ1v) is 3.12. The molecule has 0 radical (unpaired) electrons. The van der Waals surface area contributed by atoms with E-state index < -0.39 is 5.82 Å². The Morgan fingerprint density at radius 1 is 1.55 bits per heavy atom. The number of hydroxylamine groups is 1. The summed E-state index contributed by atoms with van der Waals surface area (Å²) in [5, 5.41) is 0. The highest BCUT2D eigenvalue weighted by molar-refractivity contribution is 4.98. The third kappa shape index (κ3) is 1.92. The number of hydrogen-bond acceptors (Lipinski definition) is 5. The molecule has 0 spiro atoms. The van der Waals surface area contributed by atoms with Gasteiger partial charge >= 0.3 is 5.82 Å². The predicted molar refractivity (Wildman–Crippen MR) is 35.8 cm³/mol. The molecule has 0 saturated carbocycles. The molecule has 0 aliphatic rings. The van der Waals surface area contributed by atoms with Gasteiger partial charge in [0.1, 0.15) is 12.4 Å². The van der Waals surface area contributed by atoms with Crippen LogP contribution in [0.3, 0.4) is 0 Å². The zero-order valence-corrected chi connectivity index (χ0v) is 6.34. The summed E-state index contributed by atoms with van der Waals surface area (Å²) < 4.78 is 9.21. The molecule has 0 bridgehead atoms. The van der Waals surface area contributed by atoms with Crippen molar-refractivity contribution in [2.45, 2.75) is 13.5 Å². The van der Waals surface area contributed by atoms with E-state index in [0.29, 0.717) is 11.5 Å². The van der Waals surface area contributed by atoms with Gasteiger partial charge in [0.15, 0.2) is 5.76 Å². The van der Waals surface area contributed by atoms with Crippen molar-refractivity contribution >= 4 is 0 Å². The molecule has 62 valence electrons. The van der Waals surface area contributed by atoms with E-state index in [9.17, 15) is 4.79 Å².